The minimum absolute atomic E-state index is 0.127. The van der Waals surface area contributed by atoms with Gasteiger partial charge in [-0.1, -0.05) is 13.8 Å². The lowest BCUT2D eigenvalue weighted by Gasteiger charge is -2.38. The van der Waals surface area contributed by atoms with E-state index in [1.54, 1.807) is 17.7 Å². The molecule has 4 aromatic rings. The largest absolute Gasteiger partial charge is 0.354 e. The lowest BCUT2D eigenvalue weighted by atomic mass is 9.99. The molecule has 1 aliphatic heterocycles. The van der Waals surface area contributed by atoms with Crippen LogP contribution in [-0.4, -0.2) is 56.6 Å². The van der Waals surface area contributed by atoms with E-state index in [4.69, 9.17) is 0 Å². The number of likely N-dealkylation sites (tertiary alicyclic amines) is 1. The highest BCUT2D eigenvalue weighted by atomic mass is 32.1. The van der Waals surface area contributed by atoms with Crippen molar-refractivity contribution in [3.8, 4) is 11.3 Å². The molecule has 29 heavy (non-hydrogen) atoms. The van der Waals surface area contributed by atoms with E-state index in [-0.39, 0.29) is 5.91 Å². The first-order valence-electron chi connectivity index (χ1n) is 9.88. The van der Waals surface area contributed by atoms with Crippen LogP contribution in [0.25, 0.3) is 27.1 Å². The molecule has 0 atom stereocenters. The molecule has 0 saturated carbocycles. The van der Waals surface area contributed by atoms with E-state index in [0.29, 0.717) is 12.0 Å². The Bertz CT molecular complexity index is 1230. The number of thiophene rings is 1. The molecule has 5 heterocycles. The lowest BCUT2D eigenvalue weighted by Crippen LogP contribution is -2.58. The van der Waals surface area contributed by atoms with Gasteiger partial charge < -0.3 is 15.2 Å². The third-order valence-corrected chi connectivity index (χ3v) is 6.88. The van der Waals surface area contributed by atoms with Crippen molar-refractivity contribution in [2.45, 2.75) is 32.7 Å². The molecule has 1 amide bonds. The highest BCUT2D eigenvalue weighted by Crippen LogP contribution is 2.40. The number of aromatic amines is 1. The maximum atomic E-state index is 12.8. The molecule has 5 rings (SSSR count). The van der Waals surface area contributed by atoms with Crippen molar-refractivity contribution in [2.75, 3.05) is 20.1 Å². The molecule has 150 valence electrons. The van der Waals surface area contributed by atoms with Crippen molar-refractivity contribution >= 4 is 33.1 Å². The van der Waals surface area contributed by atoms with Crippen molar-refractivity contribution in [1.82, 2.24) is 29.8 Å². The van der Waals surface area contributed by atoms with Crippen LogP contribution in [0.5, 0.6) is 0 Å². The number of nitrogens with one attached hydrogen (secondary N) is 2. The first kappa shape index (κ1) is 18.3. The quantitative estimate of drug-likeness (QED) is 0.542. The highest BCUT2D eigenvalue weighted by Gasteiger charge is 2.31. The molecule has 7 nitrogen and oxygen atoms in total. The molecule has 0 unspecified atom stereocenters. The summed E-state index contributed by atoms with van der Waals surface area (Å²) in [5.74, 6) is 0.451. The van der Waals surface area contributed by atoms with Gasteiger partial charge >= 0.3 is 0 Å². The number of carbonyl (C=O) groups is 1. The van der Waals surface area contributed by atoms with Crippen LogP contribution >= 0.6 is 11.3 Å². The van der Waals surface area contributed by atoms with Crippen molar-refractivity contribution in [2.24, 2.45) is 0 Å². The number of aromatic nitrogens is 4. The summed E-state index contributed by atoms with van der Waals surface area (Å²) in [7, 11) is 1.94. The summed E-state index contributed by atoms with van der Waals surface area (Å²) < 4.78 is 2.99. The van der Waals surface area contributed by atoms with Gasteiger partial charge in [0.25, 0.3) is 5.91 Å². The molecular weight excluding hydrogens is 384 g/mol. The van der Waals surface area contributed by atoms with Gasteiger partial charge in [-0.15, -0.1) is 11.3 Å². The second-order valence-corrected chi connectivity index (χ2v) is 9.11. The monoisotopic (exact) mass is 408 g/mol. The maximum absolute atomic E-state index is 12.8. The molecule has 0 spiro atoms. The van der Waals surface area contributed by atoms with E-state index < -0.39 is 0 Å². The van der Waals surface area contributed by atoms with Gasteiger partial charge in [-0.25, -0.2) is 9.50 Å². The van der Waals surface area contributed by atoms with Crippen LogP contribution in [-0.2, 0) is 0 Å². The van der Waals surface area contributed by atoms with Gasteiger partial charge in [-0.3, -0.25) is 4.79 Å². The van der Waals surface area contributed by atoms with E-state index >= 15 is 0 Å². The van der Waals surface area contributed by atoms with E-state index in [2.05, 4.69) is 47.2 Å². The molecule has 0 aliphatic carbocycles. The van der Waals surface area contributed by atoms with Gasteiger partial charge in [-0.2, -0.15) is 5.10 Å². The number of pyridine rings is 1. The summed E-state index contributed by atoms with van der Waals surface area (Å²) >= 11 is 1.59. The number of rotatable bonds is 4. The second-order valence-electron chi connectivity index (χ2n) is 8.06. The summed E-state index contributed by atoms with van der Waals surface area (Å²) in [6, 6.07) is 4.57. The van der Waals surface area contributed by atoms with Gasteiger partial charge in [0.05, 0.1) is 20.8 Å². The summed E-state index contributed by atoms with van der Waals surface area (Å²) in [4.78, 5) is 23.4. The number of carbonyl (C=O) groups excluding carboxylic acids is 1. The summed E-state index contributed by atoms with van der Waals surface area (Å²) in [5, 5.41) is 7.52. The molecule has 1 saturated heterocycles. The number of aryl methyl sites for hydroxylation is 1. The zero-order valence-electron chi connectivity index (χ0n) is 17.0. The van der Waals surface area contributed by atoms with Crippen molar-refractivity contribution in [3.05, 3.63) is 40.7 Å². The van der Waals surface area contributed by atoms with Crippen LogP contribution in [0.1, 0.15) is 40.6 Å². The molecule has 0 aromatic carbocycles. The van der Waals surface area contributed by atoms with E-state index in [0.717, 1.165) is 46.0 Å². The summed E-state index contributed by atoms with van der Waals surface area (Å²) in [6.07, 6.45) is 3.59. The van der Waals surface area contributed by atoms with Crippen LogP contribution in [0.2, 0.25) is 0 Å². The van der Waals surface area contributed by atoms with Gasteiger partial charge in [0.2, 0.25) is 0 Å². The first-order valence-corrected chi connectivity index (χ1v) is 10.7. The molecular formula is C21H24N6OS. The van der Waals surface area contributed by atoms with Crippen LogP contribution in [0.3, 0.4) is 0 Å². The lowest BCUT2D eigenvalue weighted by molar-refractivity contribution is 0.0582. The molecule has 4 aromatic heterocycles. The number of H-pyrrole nitrogens is 1. The van der Waals surface area contributed by atoms with E-state index in [1.807, 2.05) is 28.7 Å². The average Bonchev–Trinajstić information content (AvgIpc) is 3.33. The fourth-order valence-corrected chi connectivity index (χ4v) is 5.38. The number of likely N-dealkylation sites (N-methyl/N-ethyl adjacent to an activating group) is 1. The minimum Gasteiger partial charge on any atom is -0.354 e. The Morgan fingerprint density at radius 1 is 1.34 bits per heavy atom. The molecule has 0 bridgehead atoms. The molecule has 2 N–H and O–H groups in total. The molecule has 0 radical (unpaired) electrons. The SMILES string of the molecule is CNC1CN(C(=O)c2cc3[nH]c(-c4cc(C)c5ncnn5c4)c(C(C)C)c3s2)C1. The van der Waals surface area contributed by atoms with Crippen LogP contribution < -0.4 is 5.32 Å². The van der Waals surface area contributed by atoms with Gasteiger partial charge in [-0.05, 0) is 43.1 Å². The third kappa shape index (κ3) is 2.86. The highest BCUT2D eigenvalue weighted by molar-refractivity contribution is 7.21. The zero-order chi connectivity index (χ0) is 20.3. The van der Waals surface area contributed by atoms with E-state index in [9.17, 15) is 4.79 Å². The summed E-state index contributed by atoms with van der Waals surface area (Å²) in [5.41, 5.74) is 6.41. The fourth-order valence-electron chi connectivity index (χ4n) is 4.10. The average molecular weight is 409 g/mol. The Balaban J connectivity index is 1.57. The standard InChI is InChI=1S/C21H24N6OS/c1-11(2)17-18(13-5-12(3)20-23-10-24-27(20)7-13)25-15-6-16(29-19(15)17)21(28)26-8-14(9-26)22-4/h5-7,10-11,14,22,25H,8-9H2,1-4H3. The zero-order valence-corrected chi connectivity index (χ0v) is 17.8. The van der Waals surface area contributed by atoms with Gasteiger partial charge in [0, 0.05) is 30.9 Å². The predicted molar refractivity (Wildman–Crippen MR) is 116 cm³/mol. The number of amides is 1. The summed E-state index contributed by atoms with van der Waals surface area (Å²) in [6.45, 7) is 8.00. The smallest absolute Gasteiger partial charge is 0.264 e. The topological polar surface area (TPSA) is 78.3 Å². The second kappa shape index (κ2) is 6.67. The van der Waals surface area contributed by atoms with Crippen LogP contribution in [0, 0.1) is 6.92 Å². The van der Waals surface area contributed by atoms with Crippen LogP contribution in [0.15, 0.2) is 24.7 Å². The Labute approximate surface area is 172 Å². The van der Waals surface area contributed by atoms with E-state index in [1.165, 1.54) is 10.3 Å². The normalized spacial score (nSPS) is 15.0. The number of hydrogen-bond donors (Lipinski definition) is 2. The Hall–Kier alpha value is -2.71. The number of fused-ring (bicyclic) bond motifs is 2. The minimum atomic E-state index is 0.127. The van der Waals surface area contributed by atoms with Crippen molar-refractivity contribution in [3.63, 3.8) is 0 Å². The van der Waals surface area contributed by atoms with Crippen LogP contribution in [0.4, 0.5) is 0 Å². The Morgan fingerprint density at radius 3 is 2.86 bits per heavy atom. The van der Waals surface area contributed by atoms with Crippen molar-refractivity contribution < 1.29 is 4.79 Å². The predicted octanol–water partition coefficient (Wildman–Crippen LogP) is 3.41. The first-order chi connectivity index (χ1) is 14.0. The molecule has 1 fully saturated rings. The molecule has 8 heteroatoms. The van der Waals surface area contributed by atoms with Gasteiger partial charge in [0.15, 0.2) is 5.65 Å². The number of hydrogen-bond acceptors (Lipinski definition) is 5. The maximum Gasteiger partial charge on any atom is 0.264 e. The third-order valence-electron chi connectivity index (χ3n) is 5.72. The Kier molecular flexibility index (Phi) is 4.22. The Morgan fingerprint density at radius 2 is 2.14 bits per heavy atom. The fraction of sp³-hybridized carbons (Fsp3) is 0.381. The van der Waals surface area contributed by atoms with Crippen molar-refractivity contribution in [1.29, 1.82) is 0 Å². The number of nitrogens with zero attached hydrogens (tertiary/aromatic N) is 4. The molecule has 1 aliphatic rings. The van der Waals surface area contributed by atoms with Gasteiger partial charge in [0.1, 0.15) is 6.33 Å².